The second-order valence-corrected chi connectivity index (χ2v) is 6.32. The second kappa shape index (κ2) is 7.88. The van der Waals surface area contributed by atoms with Gasteiger partial charge in [0.15, 0.2) is 6.61 Å². The average molecular weight is 366 g/mol. The summed E-state index contributed by atoms with van der Waals surface area (Å²) < 4.78 is 11.2. The predicted molar refractivity (Wildman–Crippen MR) is 93.8 cm³/mol. The number of benzene rings is 2. The van der Waals surface area contributed by atoms with E-state index in [1.54, 1.807) is 18.2 Å². The van der Waals surface area contributed by atoms with Gasteiger partial charge in [0.1, 0.15) is 11.9 Å². The average Bonchev–Trinajstić information content (AvgIpc) is 2.59. The molecule has 0 aromatic heterocycles. The molecule has 2 aromatic rings. The Labute approximate surface area is 150 Å². The summed E-state index contributed by atoms with van der Waals surface area (Å²) in [6, 6.07) is 13.0. The van der Waals surface area contributed by atoms with Gasteiger partial charge in [0, 0.05) is 11.6 Å². The number of ether oxygens (including phenoxy) is 2. The van der Waals surface area contributed by atoms with E-state index in [0.29, 0.717) is 28.9 Å². The van der Waals surface area contributed by atoms with E-state index >= 15 is 0 Å². The van der Waals surface area contributed by atoms with Crippen molar-refractivity contribution < 1.29 is 14.3 Å². The van der Waals surface area contributed by atoms with E-state index in [-0.39, 0.29) is 18.6 Å². The number of hydrogen-bond acceptors (Lipinski definition) is 3. The first kappa shape index (κ1) is 17.1. The van der Waals surface area contributed by atoms with Crippen LogP contribution in [0.3, 0.4) is 0 Å². The van der Waals surface area contributed by atoms with Crippen molar-refractivity contribution in [3.05, 3.63) is 63.6 Å². The van der Waals surface area contributed by atoms with Crippen molar-refractivity contribution >= 4 is 29.1 Å². The smallest absolute Gasteiger partial charge is 0.258 e. The van der Waals surface area contributed by atoms with Crippen LogP contribution in [0, 0.1) is 0 Å². The van der Waals surface area contributed by atoms with Gasteiger partial charge in [0.2, 0.25) is 0 Å². The molecule has 1 heterocycles. The molecule has 1 N–H and O–H groups in total. The molecule has 0 fully saturated rings. The molecule has 126 valence electrons. The van der Waals surface area contributed by atoms with E-state index in [0.717, 1.165) is 12.0 Å². The van der Waals surface area contributed by atoms with E-state index in [2.05, 4.69) is 11.4 Å². The predicted octanol–water partition coefficient (Wildman–Crippen LogP) is 3.80. The topological polar surface area (TPSA) is 47.6 Å². The fourth-order valence-corrected chi connectivity index (χ4v) is 3.10. The van der Waals surface area contributed by atoms with Gasteiger partial charge in [0.05, 0.1) is 11.6 Å². The maximum Gasteiger partial charge on any atom is 0.258 e. The zero-order valence-corrected chi connectivity index (χ0v) is 14.4. The molecule has 1 atom stereocenters. The third-order valence-corrected chi connectivity index (χ3v) is 4.36. The number of carbonyl (C=O) groups excluding carboxylic acids is 1. The van der Waals surface area contributed by atoms with Crippen LogP contribution in [0.1, 0.15) is 17.2 Å². The molecule has 4 nitrogen and oxygen atoms in total. The summed E-state index contributed by atoms with van der Waals surface area (Å²) in [5.41, 5.74) is 2.40. The van der Waals surface area contributed by atoms with Crippen LogP contribution < -0.4 is 10.1 Å². The number of fused-ring (bicyclic) bond motifs is 1. The molecule has 0 spiro atoms. The van der Waals surface area contributed by atoms with Crippen LogP contribution in [-0.2, 0) is 16.0 Å². The van der Waals surface area contributed by atoms with Gasteiger partial charge in [-0.3, -0.25) is 4.79 Å². The van der Waals surface area contributed by atoms with Crippen LogP contribution >= 0.6 is 23.2 Å². The van der Waals surface area contributed by atoms with Crippen LogP contribution in [0.25, 0.3) is 0 Å². The van der Waals surface area contributed by atoms with Crippen LogP contribution in [0.5, 0.6) is 5.75 Å². The van der Waals surface area contributed by atoms with Crippen molar-refractivity contribution in [3.63, 3.8) is 0 Å². The summed E-state index contributed by atoms with van der Waals surface area (Å²) in [5.74, 6) is 0.197. The van der Waals surface area contributed by atoms with Crippen molar-refractivity contribution in [1.82, 2.24) is 5.32 Å². The maximum atomic E-state index is 12.0. The standard InChI is InChI=1S/C18H17Cl2NO3/c19-13-5-6-16(15(20)9-13)24-11-18(22)21-10-17-14-4-2-1-3-12(14)7-8-23-17/h1-6,9,17H,7-8,10-11H2,(H,21,22)/t17-/m0/s1. The quantitative estimate of drug-likeness (QED) is 0.876. The molecule has 0 aliphatic carbocycles. The fourth-order valence-electron chi connectivity index (χ4n) is 2.64. The third-order valence-electron chi connectivity index (χ3n) is 3.83. The van der Waals surface area contributed by atoms with Crippen molar-refractivity contribution in [2.24, 2.45) is 0 Å². The lowest BCUT2D eigenvalue weighted by Crippen LogP contribution is -2.34. The minimum atomic E-state index is -0.229. The second-order valence-electron chi connectivity index (χ2n) is 5.48. The highest BCUT2D eigenvalue weighted by molar-refractivity contribution is 6.35. The van der Waals surface area contributed by atoms with E-state index < -0.39 is 0 Å². The first-order valence-corrected chi connectivity index (χ1v) is 8.43. The van der Waals surface area contributed by atoms with Crippen molar-refractivity contribution in [1.29, 1.82) is 0 Å². The highest BCUT2D eigenvalue weighted by atomic mass is 35.5. The lowest BCUT2D eigenvalue weighted by molar-refractivity contribution is -0.123. The van der Waals surface area contributed by atoms with Crippen LogP contribution in [-0.4, -0.2) is 25.7 Å². The normalized spacial score (nSPS) is 16.3. The molecule has 0 unspecified atom stereocenters. The molecule has 1 amide bonds. The van der Waals surface area contributed by atoms with Crippen LogP contribution in [0.4, 0.5) is 0 Å². The Morgan fingerprint density at radius 3 is 2.92 bits per heavy atom. The Morgan fingerprint density at radius 2 is 2.08 bits per heavy atom. The molecule has 2 aromatic carbocycles. The van der Waals surface area contributed by atoms with E-state index in [1.807, 2.05) is 18.2 Å². The molecule has 3 rings (SSSR count). The molecule has 0 bridgehead atoms. The van der Waals surface area contributed by atoms with Crippen molar-refractivity contribution in [3.8, 4) is 5.75 Å². The minimum absolute atomic E-state index is 0.115. The van der Waals surface area contributed by atoms with Gasteiger partial charge in [-0.1, -0.05) is 47.5 Å². The largest absolute Gasteiger partial charge is 0.482 e. The first-order valence-electron chi connectivity index (χ1n) is 7.67. The molecule has 1 aliphatic heterocycles. The Hall–Kier alpha value is -1.75. The van der Waals surface area contributed by atoms with Gasteiger partial charge < -0.3 is 14.8 Å². The molecule has 0 saturated carbocycles. The zero-order valence-electron chi connectivity index (χ0n) is 12.9. The summed E-state index contributed by atoms with van der Waals surface area (Å²) in [5, 5.41) is 3.73. The van der Waals surface area contributed by atoms with Crippen LogP contribution in [0.2, 0.25) is 10.0 Å². The van der Waals surface area contributed by atoms with E-state index in [4.69, 9.17) is 32.7 Å². The highest BCUT2D eigenvalue weighted by Gasteiger charge is 2.20. The number of carbonyl (C=O) groups is 1. The molecule has 0 radical (unpaired) electrons. The monoisotopic (exact) mass is 365 g/mol. The summed E-state index contributed by atoms with van der Waals surface area (Å²) in [6.07, 6.45) is 0.775. The minimum Gasteiger partial charge on any atom is -0.482 e. The fraction of sp³-hybridized carbons (Fsp3) is 0.278. The van der Waals surface area contributed by atoms with Gasteiger partial charge in [-0.2, -0.15) is 0 Å². The van der Waals surface area contributed by atoms with Gasteiger partial charge in [0.25, 0.3) is 5.91 Å². The van der Waals surface area contributed by atoms with Gasteiger partial charge in [-0.15, -0.1) is 0 Å². The summed E-state index contributed by atoms with van der Waals surface area (Å²) in [4.78, 5) is 12.0. The van der Waals surface area contributed by atoms with Crippen LogP contribution in [0.15, 0.2) is 42.5 Å². The van der Waals surface area contributed by atoms with Gasteiger partial charge in [-0.05, 0) is 35.7 Å². The Balaban J connectivity index is 1.51. The first-order chi connectivity index (χ1) is 11.6. The summed E-state index contributed by atoms with van der Waals surface area (Å²) in [7, 11) is 0. The van der Waals surface area contributed by atoms with Gasteiger partial charge in [-0.25, -0.2) is 0 Å². The number of halogens is 2. The summed E-state index contributed by atoms with van der Waals surface area (Å²) >= 11 is 11.8. The van der Waals surface area contributed by atoms with Crippen molar-refractivity contribution in [2.75, 3.05) is 19.8 Å². The maximum absolute atomic E-state index is 12.0. The Kier molecular flexibility index (Phi) is 5.61. The molecule has 24 heavy (non-hydrogen) atoms. The number of amides is 1. The number of rotatable bonds is 5. The van der Waals surface area contributed by atoms with E-state index in [1.165, 1.54) is 5.56 Å². The Bertz CT molecular complexity index is 736. The molecular formula is C18H17Cl2NO3. The third kappa shape index (κ3) is 4.20. The van der Waals surface area contributed by atoms with Gasteiger partial charge >= 0.3 is 0 Å². The lowest BCUT2D eigenvalue weighted by Gasteiger charge is -2.26. The Morgan fingerprint density at radius 1 is 1.25 bits per heavy atom. The number of nitrogens with one attached hydrogen (secondary N) is 1. The molecule has 6 heteroatoms. The van der Waals surface area contributed by atoms with E-state index in [9.17, 15) is 4.79 Å². The van der Waals surface area contributed by atoms with Crippen molar-refractivity contribution in [2.45, 2.75) is 12.5 Å². The molecular weight excluding hydrogens is 349 g/mol. The summed E-state index contributed by atoms with van der Waals surface area (Å²) in [6.45, 7) is 0.956. The highest BCUT2D eigenvalue weighted by Crippen LogP contribution is 2.28. The SMILES string of the molecule is O=C(COc1ccc(Cl)cc1Cl)NC[C@@H]1OCCc2ccccc21. The molecule has 1 aliphatic rings. The zero-order chi connectivity index (χ0) is 16.9. The number of hydrogen-bond donors (Lipinski definition) is 1. The molecule has 0 saturated heterocycles. The lowest BCUT2D eigenvalue weighted by atomic mass is 9.97.